The van der Waals surface area contributed by atoms with Gasteiger partial charge in [0.1, 0.15) is 18.0 Å². The fourth-order valence-corrected chi connectivity index (χ4v) is 1.89. The molecule has 0 unspecified atom stereocenters. The van der Waals surface area contributed by atoms with E-state index in [2.05, 4.69) is 21.1 Å². The summed E-state index contributed by atoms with van der Waals surface area (Å²) < 4.78 is 1.48. The second kappa shape index (κ2) is 4.75. The summed E-state index contributed by atoms with van der Waals surface area (Å²) in [6.45, 7) is 5.79. The largest absolute Gasteiger partial charge is 0.242 e. The van der Waals surface area contributed by atoms with Crippen LogP contribution in [-0.4, -0.2) is 19.7 Å². The SMILES string of the molecule is Cc1cc(-n2nc(C(C)C)c(C#N)c2Cl)ncn1. The summed E-state index contributed by atoms with van der Waals surface area (Å²) in [5, 5.41) is 13.8. The van der Waals surface area contributed by atoms with Gasteiger partial charge in [-0.25, -0.2) is 14.6 Å². The van der Waals surface area contributed by atoms with E-state index in [1.54, 1.807) is 6.07 Å². The van der Waals surface area contributed by atoms with Gasteiger partial charge in [0.25, 0.3) is 0 Å². The van der Waals surface area contributed by atoms with Crippen LogP contribution >= 0.6 is 11.6 Å². The smallest absolute Gasteiger partial charge is 0.158 e. The van der Waals surface area contributed by atoms with Crippen LogP contribution in [0.1, 0.15) is 36.7 Å². The molecule has 2 rings (SSSR count). The van der Waals surface area contributed by atoms with E-state index >= 15 is 0 Å². The zero-order valence-electron chi connectivity index (χ0n) is 10.3. The van der Waals surface area contributed by atoms with Gasteiger partial charge in [-0.3, -0.25) is 0 Å². The Labute approximate surface area is 110 Å². The van der Waals surface area contributed by atoms with Crippen LogP contribution in [0.25, 0.3) is 5.82 Å². The van der Waals surface area contributed by atoms with E-state index in [0.29, 0.717) is 22.2 Å². The summed E-state index contributed by atoms with van der Waals surface area (Å²) in [7, 11) is 0. The van der Waals surface area contributed by atoms with Gasteiger partial charge in [0.05, 0.1) is 5.69 Å². The second-order valence-corrected chi connectivity index (χ2v) is 4.60. The van der Waals surface area contributed by atoms with Gasteiger partial charge < -0.3 is 0 Å². The minimum Gasteiger partial charge on any atom is -0.242 e. The minimum absolute atomic E-state index is 0.126. The van der Waals surface area contributed by atoms with Crippen LogP contribution in [-0.2, 0) is 0 Å². The summed E-state index contributed by atoms with van der Waals surface area (Å²) >= 11 is 6.18. The highest BCUT2D eigenvalue weighted by atomic mass is 35.5. The molecule has 0 spiro atoms. The number of aryl methyl sites for hydroxylation is 1. The number of hydrogen-bond donors (Lipinski definition) is 0. The average molecular weight is 262 g/mol. The van der Waals surface area contributed by atoms with Crippen LogP contribution in [0.5, 0.6) is 0 Å². The Balaban J connectivity index is 2.63. The molecule has 18 heavy (non-hydrogen) atoms. The van der Waals surface area contributed by atoms with Crippen LogP contribution in [0.4, 0.5) is 0 Å². The molecule has 0 bridgehead atoms. The third-order valence-electron chi connectivity index (χ3n) is 2.52. The van der Waals surface area contributed by atoms with Crippen LogP contribution in [0.15, 0.2) is 12.4 Å². The first-order chi connectivity index (χ1) is 8.54. The highest BCUT2D eigenvalue weighted by molar-refractivity contribution is 6.31. The predicted octanol–water partition coefficient (Wildman–Crippen LogP) is 2.62. The minimum atomic E-state index is 0.126. The summed E-state index contributed by atoms with van der Waals surface area (Å²) in [4.78, 5) is 8.13. The highest BCUT2D eigenvalue weighted by Gasteiger charge is 2.19. The molecule has 92 valence electrons. The molecule has 0 aromatic carbocycles. The molecule has 0 N–H and O–H groups in total. The first-order valence-corrected chi connectivity index (χ1v) is 5.90. The Morgan fingerprint density at radius 3 is 2.61 bits per heavy atom. The highest BCUT2D eigenvalue weighted by Crippen LogP contribution is 2.26. The lowest BCUT2D eigenvalue weighted by molar-refractivity contribution is 0.754. The van der Waals surface area contributed by atoms with Gasteiger partial charge in [0, 0.05) is 11.8 Å². The second-order valence-electron chi connectivity index (χ2n) is 4.25. The number of halogens is 1. The monoisotopic (exact) mass is 261 g/mol. The number of hydrogen-bond acceptors (Lipinski definition) is 4. The van der Waals surface area contributed by atoms with Crippen molar-refractivity contribution < 1.29 is 0 Å². The third kappa shape index (κ3) is 2.07. The Kier molecular flexibility index (Phi) is 3.30. The molecular formula is C12H12ClN5. The van der Waals surface area contributed by atoms with Gasteiger partial charge in [0.15, 0.2) is 11.0 Å². The number of rotatable bonds is 2. The van der Waals surface area contributed by atoms with Crippen molar-refractivity contribution in [1.29, 1.82) is 5.26 Å². The van der Waals surface area contributed by atoms with E-state index in [-0.39, 0.29) is 5.92 Å². The van der Waals surface area contributed by atoms with Gasteiger partial charge in [-0.15, -0.1) is 0 Å². The summed E-state index contributed by atoms with van der Waals surface area (Å²) in [5.41, 5.74) is 1.90. The van der Waals surface area contributed by atoms with Crippen LogP contribution in [0.2, 0.25) is 5.15 Å². The molecule has 0 atom stereocenters. The van der Waals surface area contributed by atoms with E-state index in [0.717, 1.165) is 5.69 Å². The van der Waals surface area contributed by atoms with Crippen molar-refractivity contribution >= 4 is 11.6 Å². The van der Waals surface area contributed by atoms with Gasteiger partial charge in [-0.1, -0.05) is 25.4 Å². The fraction of sp³-hybridized carbons (Fsp3) is 0.333. The number of aromatic nitrogens is 4. The molecular weight excluding hydrogens is 250 g/mol. The molecule has 0 saturated carbocycles. The van der Waals surface area contributed by atoms with Gasteiger partial charge in [0.2, 0.25) is 0 Å². The molecule has 0 radical (unpaired) electrons. The molecule has 0 saturated heterocycles. The summed E-state index contributed by atoms with van der Waals surface area (Å²) in [5.74, 6) is 0.692. The van der Waals surface area contributed by atoms with E-state index in [9.17, 15) is 0 Å². The zero-order chi connectivity index (χ0) is 13.3. The van der Waals surface area contributed by atoms with Gasteiger partial charge in [-0.05, 0) is 12.8 Å². The van der Waals surface area contributed by atoms with Crippen molar-refractivity contribution in [2.75, 3.05) is 0 Å². The maximum absolute atomic E-state index is 9.14. The number of nitriles is 1. The standard InChI is InChI=1S/C12H12ClN5/c1-7(2)11-9(5-14)12(13)18(17-11)10-4-8(3)15-6-16-10/h4,6-7H,1-3H3. The molecule has 0 fully saturated rings. The van der Waals surface area contributed by atoms with Crippen LogP contribution in [0, 0.1) is 18.3 Å². The lowest BCUT2D eigenvalue weighted by Gasteiger charge is -2.02. The zero-order valence-corrected chi connectivity index (χ0v) is 11.1. The first-order valence-electron chi connectivity index (χ1n) is 5.52. The fourth-order valence-electron chi connectivity index (χ4n) is 1.63. The summed E-state index contributed by atoms with van der Waals surface area (Å²) in [6.07, 6.45) is 1.45. The van der Waals surface area contributed by atoms with Crippen LogP contribution < -0.4 is 0 Å². The van der Waals surface area contributed by atoms with E-state index < -0.39 is 0 Å². The molecule has 2 heterocycles. The lowest BCUT2D eigenvalue weighted by Crippen LogP contribution is -2.02. The van der Waals surface area contributed by atoms with Crippen molar-refractivity contribution in [1.82, 2.24) is 19.7 Å². The quantitative estimate of drug-likeness (QED) is 0.833. The first kappa shape index (κ1) is 12.5. The summed E-state index contributed by atoms with van der Waals surface area (Å²) in [6, 6.07) is 3.86. The normalized spacial score (nSPS) is 10.7. The van der Waals surface area contributed by atoms with Gasteiger partial charge in [-0.2, -0.15) is 10.4 Å². The van der Waals surface area contributed by atoms with Gasteiger partial charge >= 0.3 is 0 Å². The Morgan fingerprint density at radius 1 is 1.39 bits per heavy atom. The molecule has 6 heteroatoms. The lowest BCUT2D eigenvalue weighted by atomic mass is 10.1. The molecule has 0 aliphatic rings. The van der Waals surface area contributed by atoms with Crippen LogP contribution in [0.3, 0.4) is 0 Å². The average Bonchev–Trinajstić information content (AvgIpc) is 2.66. The van der Waals surface area contributed by atoms with Crippen molar-refractivity contribution in [2.24, 2.45) is 0 Å². The van der Waals surface area contributed by atoms with E-state index in [4.69, 9.17) is 16.9 Å². The van der Waals surface area contributed by atoms with Crippen molar-refractivity contribution in [2.45, 2.75) is 26.7 Å². The number of nitrogens with zero attached hydrogens (tertiary/aromatic N) is 5. The van der Waals surface area contributed by atoms with Crippen molar-refractivity contribution in [3.63, 3.8) is 0 Å². The maximum atomic E-state index is 9.14. The molecule has 2 aromatic heterocycles. The van der Waals surface area contributed by atoms with Crippen molar-refractivity contribution in [3.05, 3.63) is 34.5 Å². The molecule has 0 aliphatic carbocycles. The third-order valence-corrected chi connectivity index (χ3v) is 2.87. The molecule has 5 nitrogen and oxygen atoms in total. The Hall–Kier alpha value is -1.93. The Bertz CT molecular complexity index is 624. The molecule has 2 aromatic rings. The van der Waals surface area contributed by atoms with E-state index in [1.165, 1.54) is 11.0 Å². The molecule has 0 aliphatic heterocycles. The predicted molar refractivity (Wildman–Crippen MR) is 67.7 cm³/mol. The van der Waals surface area contributed by atoms with Crippen molar-refractivity contribution in [3.8, 4) is 11.9 Å². The molecule has 0 amide bonds. The van der Waals surface area contributed by atoms with E-state index in [1.807, 2.05) is 20.8 Å². The topological polar surface area (TPSA) is 67.4 Å². The maximum Gasteiger partial charge on any atom is 0.158 e. The Morgan fingerprint density at radius 2 is 2.11 bits per heavy atom.